The first-order valence-corrected chi connectivity index (χ1v) is 10.6. The van der Waals surface area contributed by atoms with Gasteiger partial charge in [0.05, 0.1) is 24.3 Å². The van der Waals surface area contributed by atoms with Gasteiger partial charge in [0, 0.05) is 13.1 Å². The summed E-state index contributed by atoms with van der Waals surface area (Å²) < 4.78 is 15.8. The molecule has 1 aromatic carbocycles. The van der Waals surface area contributed by atoms with Gasteiger partial charge in [0.2, 0.25) is 0 Å². The number of carbonyl (C=O) groups excluding carboxylic acids is 2. The van der Waals surface area contributed by atoms with Gasteiger partial charge in [0.15, 0.2) is 0 Å². The van der Waals surface area contributed by atoms with E-state index in [1.807, 2.05) is 25.7 Å². The highest BCUT2D eigenvalue weighted by Gasteiger charge is 2.26. The summed E-state index contributed by atoms with van der Waals surface area (Å²) in [5.74, 6) is 0.829. The van der Waals surface area contributed by atoms with Crippen molar-refractivity contribution in [3.8, 4) is 5.75 Å². The van der Waals surface area contributed by atoms with Gasteiger partial charge < -0.3 is 19.1 Å². The number of likely N-dealkylation sites (tertiary alicyclic amines) is 1. The Balaban J connectivity index is 1.63. The fourth-order valence-corrected chi connectivity index (χ4v) is 3.56. The summed E-state index contributed by atoms with van der Waals surface area (Å²) in [5.41, 5.74) is -0.114. The Labute approximate surface area is 178 Å². The molecule has 0 aliphatic carbocycles. The number of amides is 1. The second kappa shape index (κ2) is 10.7. The number of carbonyl (C=O) groups is 2. The van der Waals surface area contributed by atoms with Crippen LogP contribution in [0.2, 0.25) is 5.02 Å². The number of piperidine rings is 1. The molecule has 2 rings (SSSR count). The maximum absolute atomic E-state index is 12.1. The quantitative estimate of drug-likeness (QED) is 0.436. The smallest absolute Gasteiger partial charge is 0.410 e. The van der Waals surface area contributed by atoms with Gasteiger partial charge >= 0.3 is 12.1 Å². The van der Waals surface area contributed by atoms with Crippen LogP contribution in [0.25, 0.3) is 0 Å². The highest BCUT2D eigenvalue weighted by atomic mass is 35.5. The number of hydrogen-bond acceptors (Lipinski definition) is 5. The van der Waals surface area contributed by atoms with Crippen LogP contribution < -0.4 is 4.74 Å². The van der Waals surface area contributed by atoms with E-state index in [1.165, 1.54) is 7.11 Å². The van der Waals surface area contributed by atoms with Gasteiger partial charge in [-0.05, 0) is 70.6 Å². The molecule has 1 saturated heterocycles. The van der Waals surface area contributed by atoms with E-state index >= 15 is 0 Å². The van der Waals surface area contributed by atoms with Gasteiger partial charge in [-0.1, -0.05) is 18.0 Å². The number of benzene rings is 1. The van der Waals surface area contributed by atoms with Gasteiger partial charge in [-0.25, -0.2) is 9.59 Å². The third kappa shape index (κ3) is 7.77. The SMILES string of the molecule is COC(=O)c1ccc(OCCCCC2CCN(C(=O)OC(C)(C)C)CC2)cc1Cl. The average Bonchev–Trinajstić information content (AvgIpc) is 2.66. The summed E-state index contributed by atoms with van der Waals surface area (Å²) in [7, 11) is 1.32. The van der Waals surface area contributed by atoms with Crippen LogP contribution in [0.4, 0.5) is 4.79 Å². The average molecular weight is 426 g/mol. The van der Waals surface area contributed by atoms with Crippen molar-refractivity contribution in [1.82, 2.24) is 4.90 Å². The molecule has 1 aliphatic heterocycles. The molecule has 0 unspecified atom stereocenters. The largest absolute Gasteiger partial charge is 0.494 e. The minimum Gasteiger partial charge on any atom is -0.494 e. The molecule has 1 heterocycles. The van der Waals surface area contributed by atoms with Crippen LogP contribution in [0.5, 0.6) is 5.75 Å². The predicted octanol–water partition coefficient (Wildman–Crippen LogP) is 5.32. The second-order valence-corrected chi connectivity index (χ2v) is 8.80. The lowest BCUT2D eigenvalue weighted by molar-refractivity contribution is 0.0180. The summed E-state index contributed by atoms with van der Waals surface area (Å²) in [6.45, 7) is 7.80. The number of ether oxygens (including phenoxy) is 3. The van der Waals surface area contributed by atoms with E-state index in [-0.39, 0.29) is 6.09 Å². The third-order valence-corrected chi connectivity index (χ3v) is 5.20. The zero-order chi connectivity index (χ0) is 21.4. The van der Waals surface area contributed by atoms with Crippen molar-refractivity contribution < 1.29 is 23.8 Å². The van der Waals surface area contributed by atoms with Crippen molar-refractivity contribution in [2.24, 2.45) is 5.92 Å². The number of rotatable bonds is 7. The second-order valence-electron chi connectivity index (χ2n) is 8.39. The molecular weight excluding hydrogens is 394 g/mol. The normalized spacial score (nSPS) is 15.1. The Morgan fingerprint density at radius 2 is 1.86 bits per heavy atom. The monoisotopic (exact) mass is 425 g/mol. The van der Waals surface area contributed by atoms with Crippen molar-refractivity contribution in [2.75, 3.05) is 26.8 Å². The first-order valence-electron chi connectivity index (χ1n) is 10.2. The van der Waals surface area contributed by atoms with Crippen molar-refractivity contribution in [3.05, 3.63) is 28.8 Å². The van der Waals surface area contributed by atoms with E-state index in [9.17, 15) is 9.59 Å². The fraction of sp³-hybridized carbons (Fsp3) is 0.636. The molecule has 0 bridgehead atoms. The molecule has 0 N–H and O–H groups in total. The first-order chi connectivity index (χ1) is 13.7. The summed E-state index contributed by atoms with van der Waals surface area (Å²) in [6, 6.07) is 4.98. The topological polar surface area (TPSA) is 65.1 Å². The van der Waals surface area contributed by atoms with Gasteiger partial charge in [0.25, 0.3) is 0 Å². The number of unbranched alkanes of at least 4 members (excludes halogenated alkanes) is 1. The zero-order valence-corrected chi connectivity index (χ0v) is 18.6. The third-order valence-electron chi connectivity index (χ3n) is 4.89. The lowest BCUT2D eigenvalue weighted by Gasteiger charge is -2.33. The molecule has 29 heavy (non-hydrogen) atoms. The van der Waals surface area contributed by atoms with Crippen LogP contribution >= 0.6 is 11.6 Å². The maximum Gasteiger partial charge on any atom is 0.410 e. The van der Waals surface area contributed by atoms with E-state index in [1.54, 1.807) is 18.2 Å². The molecule has 1 aliphatic rings. The highest BCUT2D eigenvalue weighted by Crippen LogP contribution is 2.25. The van der Waals surface area contributed by atoms with Gasteiger partial charge in [-0.2, -0.15) is 0 Å². The van der Waals surface area contributed by atoms with Crippen LogP contribution in [-0.2, 0) is 9.47 Å². The molecule has 0 radical (unpaired) electrons. The lowest BCUT2D eigenvalue weighted by Crippen LogP contribution is -2.41. The molecule has 1 fully saturated rings. The minimum absolute atomic E-state index is 0.207. The molecule has 1 aromatic rings. The summed E-state index contributed by atoms with van der Waals surface area (Å²) in [6.07, 6.45) is 4.98. The Morgan fingerprint density at radius 1 is 1.17 bits per heavy atom. The number of hydrogen-bond donors (Lipinski definition) is 0. The van der Waals surface area contributed by atoms with Crippen LogP contribution in [0.1, 0.15) is 63.2 Å². The van der Waals surface area contributed by atoms with Crippen LogP contribution in [0.3, 0.4) is 0 Å². The lowest BCUT2D eigenvalue weighted by atomic mass is 9.92. The van der Waals surface area contributed by atoms with Crippen LogP contribution in [-0.4, -0.2) is 49.4 Å². The predicted molar refractivity (Wildman–Crippen MR) is 113 cm³/mol. The zero-order valence-electron chi connectivity index (χ0n) is 17.8. The number of halogens is 1. The molecule has 6 nitrogen and oxygen atoms in total. The Morgan fingerprint density at radius 3 is 2.45 bits per heavy atom. The standard InChI is InChI=1S/C22H32ClNO5/c1-22(2,3)29-21(26)24-12-10-16(11-13-24)7-5-6-14-28-17-8-9-18(19(23)15-17)20(25)27-4/h8-9,15-16H,5-7,10-14H2,1-4H3. The van der Waals surface area contributed by atoms with Gasteiger partial charge in [-0.15, -0.1) is 0 Å². The summed E-state index contributed by atoms with van der Waals surface area (Å²) in [4.78, 5) is 25.5. The minimum atomic E-state index is -0.459. The molecule has 0 aromatic heterocycles. The number of esters is 1. The number of nitrogens with zero attached hydrogens (tertiary/aromatic N) is 1. The molecule has 0 saturated carbocycles. The van der Waals surface area contributed by atoms with Crippen molar-refractivity contribution >= 4 is 23.7 Å². The Kier molecular flexibility index (Phi) is 8.62. The van der Waals surface area contributed by atoms with Crippen LogP contribution in [0.15, 0.2) is 18.2 Å². The Hall–Kier alpha value is -1.95. The van der Waals surface area contributed by atoms with E-state index in [0.717, 1.165) is 45.2 Å². The van der Waals surface area contributed by atoms with E-state index < -0.39 is 11.6 Å². The highest BCUT2D eigenvalue weighted by molar-refractivity contribution is 6.33. The summed E-state index contributed by atoms with van der Waals surface area (Å²) >= 11 is 6.10. The molecule has 162 valence electrons. The first kappa shape index (κ1) is 23.3. The van der Waals surface area contributed by atoms with E-state index in [2.05, 4.69) is 4.74 Å². The molecule has 1 amide bonds. The molecule has 7 heteroatoms. The van der Waals surface area contributed by atoms with Crippen LogP contribution in [0, 0.1) is 5.92 Å². The van der Waals surface area contributed by atoms with Crippen molar-refractivity contribution in [1.29, 1.82) is 0 Å². The fourth-order valence-electron chi connectivity index (χ4n) is 3.32. The molecule has 0 spiro atoms. The molecule has 0 atom stereocenters. The van der Waals surface area contributed by atoms with E-state index in [4.69, 9.17) is 21.1 Å². The van der Waals surface area contributed by atoms with Gasteiger partial charge in [-0.3, -0.25) is 0 Å². The Bertz CT molecular complexity index is 693. The summed E-state index contributed by atoms with van der Waals surface area (Å²) in [5, 5.41) is 0.325. The van der Waals surface area contributed by atoms with Gasteiger partial charge in [0.1, 0.15) is 11.4 Å². The number of methoxy groups -OCH3 is 1. The molecular formula is C22H32ClNO5. The van der Waals surface area contributed by atoms with Crippen molar-refractivity contribution in [3.63, 3.8) is 0 Å². The van der Waals surface area contributed by atoms with E-state index in [0.29, 0.717) is 28.9 Å². The maximum atomic E-state index is 12.1. The van der Waals surface area contributed by atoms with Crippen molar-refractivity contribution in [2.45, 2.75) is 58.5 Å².